The summed E-state index contributed by atoms with van der Waals surface area (Å²) in [6, 6.07) is 0.569. The van der Waals surface area contributed by atoms with Crippen LogP contribution in [0, 0.1) is 0 Å². The SMILES string of the molecule is CC1(C)CCC(CN)N1. The molecule has 1 rings (SSSR count). The molecule has 1 saturated heterocycles. The van der Waals surface area contributed by atoms with Gasteiger partial charge in [-0.1, -0.05) is 0 Å². The first-order valence-electron chi connectivity index (χ1n) is 3.62. The van der Waals surface area contributed by atoms with Crippen molar-refractivity contribution in [2.75, 3.05) is 6.54 Å². The summed E-state index contributed by atoms with van der Waals surface area (Å²) in [4.78, 5) is 0. The second-order valence-corrected chi connectivity index (χ2v) is 3.50. The second kappa shape index (κ2) is 2.27. The third-order valence-electron chi connectivity index (χ3n) is 2.00. The van der Waals surface area contributed by atoms with Crippen LogP contribution >= 0.6 is 0 Å². The molecule has 0 aromatic heterocycles. The topological polar surface area (TPSA) is 38.0 Å². The fourth-order valence-corrected chi connectivity index (χ4v) is 1.41. The minimum absolute atomic E-state index is 0.337. The maximum atomic E-state index is 5.49. The lowest BCUT2D eigenvalue weighted by molar-refractivity contribution is 0.430. The summed E-state index contributed by atoms with van der Waals surface area (Å²) in [6.07, 6.45) is 2.50. The first-order valence-corrected chi connectivity index (χ1v) is 3.62. The van der Waals surface area contributed by atoms with Crippen molar-refractivity contribution < 1.29 is 0 Å². The zero-order chi connectivity index (χ0) is 6.91. The molecule has 0 bridgehead atoms. The first kappa shape index (κ1) is 7.03. The molecule has 0 aromatic rings. The van der Waals surface area contributed by atoms with Gasteiger partial charge in [0.2, 0.25) is 0 Å². The van der Waals surface area contributed by atoms with Crippen LogP contribution in [0.2, 0.25) is 0 Å². The molecule has 1 unspecified atom stereocenters. The third-order valence-corrected chi connectivity index (χ3v) is 2.00. The molecule has 3 N–H and O–H groups in total. The lowest BCUT2D eigenvalue weighted by atomic mass is 10.0. The van der Waals surface area contributed by atoms with Gasteiger partial charge in [0.1, 0.15) is 0 Å². The molecule has 1 aliphatic heterocycles. The van der Waals surface area contributed by atoms with E-state index in [4.69, 9.17) is 5.73 Å². The highest BCUT2D eigenvalue weighted by molar-refractivity contribution is 4.90. The second-order valence-electron chi connectivity index (χ2n) is 3.50. The van der Waals surface area contributed by atoms with Crippen molar-refractivity contribution >= 4 is 0 Å². The molecule has 0 radical (unpaired) electrons. The van der Waals surface area contributed by atoms with Crippen molar-refractivity contribution in [1.29, 1.82) is 0 Å². The van der Waals surface area contributed by atoms with E-state index in [-0.39, 0.29) is 0 Å². The molecular formula is C7H16N2. The van der Waals surface area contributed by atoms with E-state index in [1.54, 1.807) is 0 Å². The van der Waals surface area contributed by atoms with Crippen LogP contribution in [0.1, 0.15) is 26.7 Å². The fraction of sp³-hybridized carbons (Fsp3) is 1.00. The molecule has 0 spiro atoms. The fourth-order valence-electron chi connectivity index (χ4n) is 1.41. The number of hydrogen-bond donors (Lipinski definition) is 2. The summed E-state index contributed by atoms with van der Waals surface area (Å²) in [5.74, 6) is 0. The van der Waals surface area contributed by atoms with Gasteiger partial charge in [0.15, 0.2) is 0 Å². The Morgan fingerprint density at radius 3 is 2.56 bits per heavy atom. The number of nitrogens with two attached hydrogens (primary N) is 1. The molecule has 0 aliphatic carbocycles. The molecule has 1 fully saturated rings. The van der Waals surface area contributed by atoms with Crippen LogP contribution in [0.15, 0.2) is 0 Å². The average molecular weight is 128 g/mol. The predicted molar refractivity (Wildman–Crippen MR) is 39.3 cm³/mol. The Morgan fingerprint density at radius 1 is 1.67 bits per heavy atom. The van der Waals surface area contributed by atoms with Crippen LogP contribution in [0.3, 0.4) is 0 Å². The van der Waals surface area contributed by atoms with Crippen LogP contribution < -0.4 is 11.1 Å². The van der Waals surface area contributed by atoms with Crippen LogP contribution in [-0.2, 0) is 0 Å². The largest absolute Gasteiger partial charge is 0.329 e. The van der Waals surface area contributed by atoms with Crippen LogP contribution in [0.5, 0.6) is 0 Å². The van der Waals surface area contributed by atoms with Crippen LogP contribution in [0.4, 0.5) is 0 Å². The van der Waals surface area contributed by atoms with Gasteiger partial charge >= 0.3 is 0 Å². The molecule has 54 valence electrons. The minimum Gasteiger partial charge on any atom is -0.329 e. The lowest BCUT2D eigenvalue weighted by Gasteiger charge is -2.18. The highest BCUT2D eigenvalue weighted by atomic mass is 15.0. The predicted octanol–water partition coefficient (Wildman–Crippen LogP) is 0.476. The molecule has 1 aliphatic rings. The van der Waals surface area contributed by atoms with Gasteiger partial charge in [-0.2, -0.15) is 0 Å². The van der Waals surface area contributed by atoms with Gasteiger partial charge in [0.25, 0.3) is 0 Å². The molecule has 0 aromatic carbocycles. The van der Waals surface area contributed by atoms with E-state index in [0.29, 0.717) is 11.6 Å². The van der Waals surface area contributed by atoms with Crippen molar-refractivity contribution in [1.82, 2.24) is 5.32 Å². The Bertz CT molecular complexity index is 99.1. The Hall–Kier alpha value is -0.0800. The number of hydrogen-bond acceptors (Lipinski definition) is 2. The Labute approximate surface area is 56.8 Å². The zero-order valence-electron chi connectivity index (χ0n) is 6.28. The van der Waals surface area contributed by atoms with E-state index < -0.39 is 0 Å². The highest BCUT2D eigenvalue weighted by Crippen LogP contribution is 2.20. The van der Waals surface area contributed by atoms with Gasteiger partial charge < -0.3 is 11.1 Å². The van der Waals surface area contributed by atoms with E-state index in [1.807, 2.05) is 0 Å². The highest BCUT2D eigenvalue weighted by Gasteiger charge is 2.28. The van der Waals surface area contributed by atoms with Gasteiger partial charge in [-0.25, -0.2) is 0 Å². The van der Waals surface area contributed by atoms with Gasteiger partial charge in [-0.05, 0) is 26.7 Å². The van der Waals surface area contributed by atoms with Crippen LogP contribution in [-0.4, -0.2) is 18.1 Å². The van der Waals surface area contributed by atoms with Gasteiger partial charge in [-0.15, -0.1) is 0 Å². The van der Waals surface area contributed by atoms with Gasteiger partial charge in [-0.3, -0.25) is 0 Å². The average Bonchev–Trinajstić information content (AvgIpc) is 2.10. The van der Waals surface area contributed by atoms with Crippen molar-refractivity contribution in [2.45, 2.75) is 38.3 Å². The van der Waals surface area contributed by atoms with Crippen molar-refractivity contribution in [3.8, 4) is 0 Å². The quantitative estimate of drug-likeness (QED) is 0.539. The van der Waals surface area contributed by atoms with E-state index in [0.717, 1.165) is 6.54 Å². The Morgan fingerprint density at radius 2 is 2.33 bits per heavy atom. The zero-order valence-corrected chi connectivity index (χ0v) is 6.28. The van der Waals surface area contributed by atoms with Crippen molar-refractivity contribution in [2.24, 2.45) is 5.73 Å². The summed E-state index contributed by atoms with van der Waals surface area (Å²) < 4.78 is 0. The molecule has 2 heteroatoms. The summed E-state index contributed by atoms with van der Waals surface area (Å²) >= 11 is 0. The molecule has 0 amide bonds. The number of rotatable bonds is 1. The summed E-state index contributed by atoms with van der Waals surface area (Å²) in [5, 5.41) is 3.45. The molecule has 9 heavy (non-hydrogen) atoms. The summed E-state index contributed by atoms with van der Waals surface area (Å²) in [6.45, 7) is 5.23. The van der Waals surface area contributed by atoms with Gasteiger partial charge in [0, 0.05) is 18.1 Å². The Kier molecular flexibility index (Phi) is 1.78. The smallest absolute Gasteiger partial charge is 0.0195 e. The molecule has 1 atom stereocenters. The third kappa shape index (κ3) is 1.66. The maximum absolute atomic E-state index is 5.49. The maximum Gasteiger partial charge on any atom is 0.0195 e. The first-order chi connectivity index (χ1) is 4.14. The summed E-state index contributed by atoms with van der Waals surface area (Å²) in [7, 11) is 0. The van der Waals surface area contributed by atoms with E-state index in [1.165, 1.54) is 12.8 Å². The van der Waals surface area contributed by atoms with Crippen molar-refractivity contribution in [3.05, 3.63) is 0 Å². The van der Waals surface area contributed by atoms with Gasteiger partial charge in [0.05, 0.1) is 0 Å². The Balaban J connectivity index is 2.38. The normalized spacial score (nSPS) is 33.0. The number of nitrogens with one attached hydrogen (secondary N) is 1. The standard InChI is InChI=1S/C7H16N2/c1-7(2)4-3-6(5-8)9-7/h6,9H,3-5,8H2,1-2H3. The molecule has 2 nitrogen and oxygen atoms in total. The summed E-state index contributed by atoms with van der Waals surface area (Å²) in [5.41, 5.74) is 5.83. The van der Waals surface area contributed by atoms with Crippen LogP contribution in [0.25, 0.3) is 0 Å². The molecule has 0 saturated carbocycles. The van der Waals surface area contributed by atoms with E-state index in [9.17, 15) is 0 Å². The van der Waals surface area contributed by atoms with E-state index >= 15 is 0 Å². The molecule has 1 heterocycles. The lowest BCUT2D eigenvalue weighted by Crippen LogP contribution is -2.40. The molecular weight excluding hydrogens is 112 g/mol. The monoisotopic (exact) mass is 128 g/mol. The van der Waals surface area contributed by atoms with E-state index in [2.05, 4.69) is 19.2 Å². The van der Waals surface area contributed by atoms with Crippen molar-refractivity contribution in [3.63, 3.8) is 0 Å². The minimum atomic E-state index is 0.337.